The molecule has 5 nitrogen and oxygen atoms in total. The summed E-state index contributed by atoms with van der Waals surface area (Å²) in [7, 11) is 0. The van der Waals surface area contributed by atoms with E-state index in [-0.39, 0.29) is 25.2 Å². The van der Waals surface area contributed by atoms with E-state index < -0.39 is 6.10 Å². The molecule has 0 aliphatic heterocycles. The summed E-state index contributed by atoms with van der Waals surface area (Å²) in [4.78, 5) is 24.7. The van der Waals surface area contributed by atoms with E-state index in [0.717, 1.165) is 116 Å². The van der Waals surface area contributed by atoms with Crippen molar-refractivity contribution in [3.63, 3.8) is 0 Å². The Morgan fingerprint density at radius 1 is 0.276 bits per heavy atom. The van der Waals surface area contributed by atoms with Gasteiger partial charge in [-0.05, 0) is 103 Å². The van der Waals surface area contributed by atoms with E-state index in [1.165, 1.54) is 199 Å². The van der Waals surface area contributed by atoms with Crippen molar-refractivity contribution in [2.45, 2.75) is 347 Å². The summed E-state index contributed by atoms with van der Waals surface area (Å²) in [5, 5.41) is 9.70. The molecule has 1 N–H and O–H groups in total. The molecule has 0 aromatic carbocycles. The zero-order valence-corrected chi connectivity index (χ0v) is 57.0. The first-order valence-electron chi connectivity index (χ1n) is 36.9. The van der Waals surface area contributed by atoms with Crippen molar-refractivity contribution in [1.82, 2.24) is 0 Å². The van der Waals surface area contributed by atoms with Crippen LogP contribution in [0.2, 0.25) is 0 Å². The summed E-state index contributed by atoms with van der Waals surface area (Å²) in [6.45, 7) is 4.02. The SMILES string of the molecule is CC/C=C\C/C=C\C/C=C\C/C=C\C/C=C\C/C=C\C/C=C\C/C=C\C/C=C\C/C=C\C/C=C\C/C=C\CCCCC(=O)OC(CO)COC(=O)CCCCCCCCCCCCCCCCCCCCCCCCCCCCCCCCCCCC. The normalized spacial score (nSPS) is 13.1. The number of esters is 2. The van der Waals surface area contributed by atoms with Crippen LogP contribution in [0.1, 0.15) is 341 Å². The lowest BCUT2D eigenvalue weighted by Crippen LogP contribution is -2.28. The Balaban J connectivity index is 3.57. The number of allylic oxidation sites excluding steroid dienone is 24. The van der Waals surface area contributed by atoms with Crippen LogP contribution in [0.15, 0.2) is 146 Å². The van der Waals surface area contributed by atoms with Crippen LogP contribution in [0.4, 0.5) is 0 Å². The highest BCUT2D eigenvalue weighted by Crippen LogP contribution is 2.18. The van der Waals surface area contributed by atoms with Crippen LogP contribution in [-0.4, -0.2) is 36.4 Å². The van der Waals surface area contributed by atoms with Crippen molar-refractivity contribution in [3.05, 3.63) is 146 Å². The van der Waals surface area contributed by atoms with Gasteiger partial charge in [-0.2, -0.15) is 0 Å². The minimum Gasteiger partial charge on any atom is -0.462 e. The summed E-state index contributed by atoms with van der Waals surface area (Å²) in [6.07, 6.45) is 115. The average Bonchev–Trinajstić information content (AvgIpc) is 3.52. The van der Waals surface area contributed by atoms with Gasteiger partial charge in [0.05, 0.1) is 6.61 Å². The predicted molar refractivity (Wildman–Crippen MR) is 384 cm³/mol. The predicted octanol–water partition coefficient (Wildman–Crippen LogP) is 26.0. The Kier molecular flexibility index (Phi) is 72.3. The number of carbonyl (C=O) groups is 2. The number of hydrogen-bond donors (Lipinski definition) is 1. The molecule has 0 rings (SSSR count). The summed E-state index contributed by atoms with van der Waals surface area (Å²) >= 11 is 0. The highest BCUT2D eigenvalue weighted by atomic mass is 16.6. The maximum atomic E-state index is 12.4. The molecule has 496 valence electrons. The van der Waals surface area contributed by atoms with Crippen molar-refractivity contribution in [1.29, 1.82) is 0 Å². The van der Waals surface area contributed by atoms with E-state index in [2.05, 4.69) is 160 Å². The number of aliphatic hydroxyl groups is 1. The zero-order valence-electron chi connectivity index (χ0n) is 57.0. The van der Waals surface area contributed by atoms with E-state index >= 15 is 0 Å². The Morgan fingerprint density at radius 3 is 0.747 bits per heavy atom. The third-order valence-electron chi connectivity index (χ3n) is 15.9. The molecule has 0 aliphatic carbocycles. The van der Waals surface area contributed by atoms with Gasteiger partial charge in [-0.1, -0.05) is 372 Å². The molecule has 0 saturated heterocycles. The Morgan fingerprint density at radius 2 is 0.494 bits per heavy atom. The van der Waals surface area contributed by atoms with Gasteiger partial charge >= 0.3 is 11.9 Å². The topological polar surface area (TPSA) is 72.8 Å². The third kappa shape index (κ3) is 74.2. The van der Waals surface area contributed by atoms with Crippen LogP contribution in [0.25, 0.3) is 0 Å². The fraction of sp³-hybridized carbons (Fsp3) is 0.683. The van der Waals surface area contributed by atoms with Gasteiger partial charge in [-0.15, -0.1) is 0 Å². The fourth-order valence-corrected chi connectivity index (χ4v) is 10.4. The van der Waals surface area contributed by atoms with Gasteiger partial charge in [0.2, 0.25) is 0 Å². The lowest BCUT2D eigenvalue weighted by molar-refractivity contribution is -0.161. The zero-order chi connectivity index (χ0) is 62.6. The molecule has 0 aromatic heterocycles. The lowest BCUT2D eigenvalue weighted by Gasteiger charge is -2.15. The van der Waals surface area contributed by atoms with Crippen LogP contribution < -0.4 is 0 Å². The smallest absolute Gasteiger partial charge is 0.306 e. The molecule has 0 radical (unpaired) electrons. The number of hydrogen-bond acceptors (Lipinski definition) is 5. The summed E-state index contributed by atoms with van der Waals surface area (Å²) < 4.78 is 10.7. The number of ether oxygens (including phenoxy) is 2. The van der Waals surface area contributed by atoms with Gasteiger partial charge in [-0.3, -0.25) is 9.59 Å². The van der Waals surface area contributed by atoms with E-state index in [1.54, 1.807) is 0 Å². The molecule has 0 fully saturated rings. The number of carbonyl (C=O) groups excluding carboxylic acids is 2. The number of rotatable bonds is 67. The van der Waals surface area contributed by atoms with Gasteiger partial charge in [0.25, 0.3) is 0 Å². The second kappa shape index (κ2) is 76.0. The van der Waals surface area contributed by atoms with E-state index in [0.29, 0.717) is 12.8 Å². The molecule has 0 aliphatic rings. The van der Waals surface area contributed by atoms with Gasteiger partial charge in [0.1, 0.15) is 6.61 Å². The second-order valence-electron chi connectivity index (χ2n) is 24.3. The highest BCUT2D eigenvalue weighted by molar-refractivity contribution is 5.70. The first kappa shape index (κ1) is 82.8. The van der Waals surface area contributed by atoms with Crippen LogP contribution in [0.3, 0.4) is 0 Å². The first-order valence-corrected chi connectivity index (χ1v) is 36.9. The van der Waals surface area contributed by atoms with E-state index in [4.69, 9.17) is 9.47 Å². The van der Waals surface area contributed by atoms with Crippen molar-refractivity contribution < 1.29 is 24.2 Å². The summed E-state index contributed by atoms with van der Waals surface area (Å²) in [6, 6.07) is 0. The Hall–Kier alpha value is -4.22. The van der Waals surface area contributed by atoms with Crippen molar-refractivity contribution in [3.8, 4) is 0 Å². The number of unbranched alkanes of at least 4 members (excludes halogenated alkanes) is 35. The molecule has 1 atom stereocenters. The maximum absolute atomic E-state index is 12.4. The minimum atomic E-state index is -0.806. The highest BCUT2D eigenvalue weighted by Gasteiger charge is 2.16. The van der Waals surface area contributed by atoms with Crippen molar-refractivity contribution in [2.75, 3.05) is 13.2 Å². The summed E-state index contributed by atoms with van der Waals surface area (Å²) in [5.41, 5.74) is 0. The maximum Gasteiger partial charge on any atom is 0.306 e. The van der Waals surface area contributed by atoms with Crippen LogP contribution >= 0.6 is 0 Å². The Labute approximate surface area is 539 Å². The largest absolute Gasteiger partial charge is 0.462 e. The van der Waals surface area contributed by atoms with Gasteiger partial charge in [-0.25, -0.2) is 0 Å². The first-order chi connectivity index (χ1) is 43.1. The monoisotopic (exact) mass is 1200 g/mol. The standard InChI is InChI=1S/C82H138O5/c1-3-5-7-9-11-13-15-17-19-21-23-25-27-29-31-33-35-37-39-40-41-42-43-45-47-49-51-53-55-57-59-61-63-65-67-69-71-73-75-77-82(85)87-80(78-83)79-86-81(84)76-74-72-70-68-66-64-62-60-58-56-54-52-50-48-46-44-38-36-34-32-30-28-26-24-22-20-18-16-14-12-10-8-6-4-2/h5,7,11,13,17,19,23,25,29,31,35,37,40-41,43,45,49,51,55,57,61,63,67,69,80,83H,3-4,6,8-10,12,14-16,18,20-22,24,26-28,30,32-34,36,38-39,42,44,46-48,50,52-54,56,58-60,62,64-66,68,70-79H2,1-2H3/b7-5-,13-11-,19-17-,25-23-,31-29-,37-35-,41-40-,45-43-,51-49-,57-55-,63-61-,69-67-. The molecule has 1 unspecified atom stereocenters. The molecule has 0 spiro atoms. The van der Waals surface area contributed by atoms with Crippen LogP contribution in [0.5, 0.6) is 0 Å². The molecule has 5 heteroatoms. The van der Waals surface area contributed by atoms with E-state index in [1.807, 2.05) is 0 Å². The molecule has 0 saturated carbocycles. The lowest BCUT2D eigenvalue weighted by atomic mass is 10.0. The molecule has 0 aromatic rings. The van der Waals surface area contributed by atoms with Gasteiger partial charge in [0.15, 0.2) is 6.10 Å². The van der Waals surface area contributed by atoms with Gasteiger partial charge in [0, 0.05) is 12.8 Å². The molecule has 0 bridgehead atoms. The molecule has 0 heterocycles. The van der Waals surface area contributed by atoms with Gasteiger partial charge < -0.3 is 14.6 Å². The second-order valence-corrected chi connectivity index (χ2v) is 24.3. The molecular weight excluding hydrogens is 1060 g/mol. The molecule has 87 heavy (non-hydrogen) atoms. The minimum absolute atomic E-state index is 0.0888. The molecular formula is C82H138O5. The van der Waals surface area contributed by atoms with Crippen LogP contribution in [0, 0.1) is 0 Å². The number of aliphatic hydroxyl groups excluding tert-OH is 1. The van der Waals surface area contributed by atoms with E-state index in [9.17, 15) is 14.7 Å². The average molecular weight is 1200 g/mol. The third-order valence-corrected chi connectivity index (χ3v) is 15.9. The molecule has 0 amide bonds. The van der Waals surface area contributed by atoms with Crippen molar-refractivity contribution in [2.24, 2.45) is 0 Å². The fourth-order valence-electron chi connectivity index (χ4n) is 10.4. The quantitative estimate of drug-likeness (QED) is 0.0373. The van der Waals surface area contributed by atoms with Crippen LogP contribution in [-0.2, 0) is 19.1 Å². The Bertz CT molecular complexity index is 1800. The van der Waals surface area contributed by atoms with Crippen molar-refractivity contribution >= 4 is 11.9 Å². The summed E-state index contributed by atoms with van der Waals surface area (Å²) in [5.74, 6) is -0.638.